The van der Waals surface area contributed by atoms with Crippen LogP contribution in [0.15, 0.2) is 12.7 Å². The molecule has 0 spiro atoms. The summed E-state index contributed by atoms with van der Waals surface area (Å²) in [5, 5.41) is 0. The van der Waals surface area contributed by atoms with E-state index in [1.807, 2.05) is 13.8 Å². The molecule has 0 saturated carbocycles. The zero-order chi connectivity index (χ0) is 14.0. The first-order valence-corrected chi connectivity index (χ1v) is 8.69. The Hall–Kier alpha value is -0.653. The van der Waals surface area contributed by atoms with E-state index in [-0.39, 0.29) is 5.97 Å². The Balaban J connectivity index is 4.30. The highest BCUT2D eigenvalue weighted by Gasteiger charge is 2.40. The van der Waals surface area contributed by atoms with Crippen LogP contribution in [0.1, 0.15) is 34.1 Å². The van der Waals surface area contributed by atoms with Gasteiger partial charge in [0.2, 0.25) is 0 Å². The molecule has 106 valence electrons. The second-order valence-electron chi connectivity index (χ2n) is 4.31. The van der Waals surface area contributed by atoms with Gasteiger partial charge in [-0.15, -0.1) is 0 Å². The van der Waals surface area contributed by atoms with E-state index in [4.69, 9.17) is 13.6 Å². The second kappa shape index (κ2) is 9.30. The number of hydrogen-bond acceptors (Lipinski definition) is 4. The summed E-state index contributed by atoms with van der Waals surface area (Å²) in [5.74, 6) is -0.375. The Morgan fingerprint density at radius 1 is 1.28 bits per heavy atom. The van der Waals surface area contributed by atoms with Crippen molar-refractivity contribution in [3.63, 3.8) is 0 Å². The van der Waals surface area contributed by atoms with E-state index in [2.05, 4.69) is 20.4 Å². The molecule has 0 aliphatic carbocycles. The Labute approximate surface area is 112 Å². The molecule has 0 atom stereocenters. The molecule has 0 saturated heterocycles. The fraction of sp³-hybridized carbons (Fsp3) is 0.769. The lowest BCUT2D eigenvalue weighted by Crippen LogP contribution is -2.45. The quantitative estimate of drug-likeness (QED) is 0.266. The lowest BCUT2D eigenvalue weighted by molar-refractivity contribution is -0.137. The molecule has 0 N–H and O–H groups in total. The second-order valence-corrected chi connectivity index (χ2v) is 8.16. The van der Waals surface area contributed by atoms with Crippen LogP contribution in [0.2, 0.25) is 11.6 Å². The molecule has 4 nitrogen and oxygen atoms in total. The molecular formula is C13H26O4Si. The Morgan fingerprint density at radius 3 is 2.22 bits per heavy atom. The van der Waals surface area contributed by atoms with Crippen LogP contribution in [0.5, 0.6) is 0 Å². The molecular weight excluding hydrogens is 248 g/mol. The molecule has 0 heterocycles. The highest BCUT2D eigenvalue weighted by Crippen LogP contribution is 2.29. The minimum absolute atomic E-state index is 0.375. The van der Waals surface area contributed by atoms with Gasteiger partial charge in [0.25, 0.3) is 0 Å². The van der Waals surface area contributed by atoms with Crippen molar-refractivity contribution in [1.29, 1.82) is 0 Å². The van der Waals surface area contributed by atoms with Gasteiger partial charge in [-0.25, -0.2) is 4.79 Å². The van der Waals surface area contributed by atoms with Gasteiger partial charge in [0.05, 0.1) is 6.61 Å². The minimum atomic E-state index is -2.17. The molecule has 0 rings (SSSR count). The van der Waals surface area contributed by atoms with Crippen LogP contribution in [-0.2, 0) is 18.4 Å². The third kappa shape index (κ3) is 5.80. The summed E-state index contributed by atoms with van der Waals surface area (Å²) >= 11 is 0. The predicted octanol–water partition coefficient (Wildman–Crippen LogP) is 3.03. The van der Waals surface area contributed by atoms with E-state index >= 15 is 0 Å². The summed E-state index contributed by atoms with van der Waals surface area (Å²) in [7, 11) is -2.17. The average molecular weight is 274 g/mol. The van der Waals surface area contributed by atoms with Crippen LogP contribution in [0.25, 0.3) is 0 Å². The standard InChI is InChI=1S/C13H26O4Si/c1-6-13(14)15-10-9-11-18(12(4)5,16-7-2)17-8-3/h6,12H,1,7-11H2,2-5H3. The van der Waals surface area contributed by atoms with Crippen LogP contribution in [-0.4, -0.2) is 34.4 Å². The van der Waals surface area contributed by atoms with Gasteiger partial charge >= 0.3 is 14.5 Å². The van der Waals surface area contributed by atoms with E-state index < -0.39 is 8.56 Å². The first kappa shape index (κ1) is 17.3. The molecule has 0 aliphatic rings. The summed E-state index contributed by atoms with van der Waals surface area (Å²) in [5.41, 5.74) is 0.382. The van der Waals surface area contributed by atoms with Crippen LogP contribution in [0.3, 0.4) is 0 Å². The molecule has 0 aromatic carbocycles. The average Bonchev–Trinajstić information content (AvgIpc) is 2.34. The molecule has 0 fully saturated rings. The van der Waals surface area contributed by atoms with Gasteiger partial charge in [0.1, 0.15) is 0 Å². The largest absolute Gasteiger partial charge is 0.463 e. The molecule has 0 bridgehead atoms. The summed E-state index contributed by atoms with van der Waals surface area (Å²) in [6.45, 7) is 13.3. The van der Waals surface area contributed by atoms with E-state index in [0.717, 1.165) is 12.5 Å². The van der Waals surface area contributed by atoms with Gasteiger partial charge in [-0.2, -0.15) is 0 Å². The van der Waals surface area contributed by atoms with Crippen molar-refractivity contribution < 1.29 is 18.4 Å². The summed E-state index contributed by atoms with van der Waals surface area (Å²) in [6, 6.07) is 0.844. The number of carbonyl (C=O) groups is 1. The minimum Gasteiger partial charge on any atom is -0.463 e. The van der Waals surface area contributed by atoms with Gasteiger partial charge < -0.3 is 13.6 Å². The van der Waals surface area contributed by atoms with Gasteiger partial charge in [0.15, 0.2) is 0 Å². The molecule has 0 aromatic rings. The predicted molar refractivity (Wildman–Crippen MR) is 74.7 cm³/mol. The number of ether oxygens (including phenoxy) is 1. The smallest absolute Gasteiger partial charge is 0.340 e. The molecule has 0 amide bonds. The van der Waals surface area contributed by atoms with E-state index in [0.29, 0.717) is 25.4 Å². The topological polar surface area (TPSA) is 44.8 Å². The Morgan fingerprint density at radius 2 is 1.83 bits per heavy atom. The number of hydrogen-bond donors (Lipinski definition) is 0. The SMILES string of the molecule is C=CC(=O)OCCC[Si](OCC)(OCC)C(C)C. The maximum Gasteiger partial charge on any atom is 0.340 e. The van der Waals surface area contributed by atoms with Gasteiger partial charge in [-0.1, -0.05) is 20.4 Å². The van der Waals surface area contributed by atoms with E-state index in [1.54, 1.807) is 0 Å². The highest BCUT2D eigenvalue weighted by atomic mass is 28.4. The fourth-order valence-electron chi connectivity index (χ4n) is 1.85. The molecule has 18 heavy (non-hydrogen) atoms. The lowest BCUT2D eigenvalue weighted by Gasteiger charge is -2.33. The van der Waals surface area contributed by atoms with Gasteiger partial charge in [0, 0.05) is 19.3 Å². The normalized spacial score (nSPS) is 11.6. The summed E-state index contributed by atoms with van der Waals surface area (Å²) in [6.07, 6.45) is 1.95. The number of esters is 1. The Bertz CT molecular complexity index is 247. The number of carbonyl (C=O) groups excluding carboxylic acids is 1. The van der Waals surface area contributed by atoms with Crippen molar-refractivity contribution in [3.8, 4) is 0 Å². The molecule has 0 aromatic heterocycles. The van der Waals surface area contributed by atoms with Crippen molar-refractivity contribution in [2.24, 2.45) is 0 Å². The maximum absolute atomic E-state index is 10.9. The van der Waals surface area contributed by atoms with Crippen LogP contribution in [0, 0.1) is 0 Å². The summed E-state index contributed by atoms with van der Waals surface area (Å²) in [4.78, 5) is 10.9. The molecule has 0 aliphatic heterocycles. The summed E-state index contributed by atoms with van der Waals surface area (Å²) < 4.78 is 16.8. The zero-order valence-electron chi connectivity index (χ0n) is 12.0. The van der Waals surface area contributed by atoms with Crippen LogP contribution >= 0.6 is 0 Å². The first-order chi connectivity index (χ1) is 8.52. The monoisotopic (exact) mass is 274 g/mol. The van der Waals surface area contributed by atoms with Crippen molar-refractivity contribution in [2.45, 2.75) is 45.7 Å². The van der Waals surface area contributed by atoms with E-state index in [9.17, 15) is 4.79 Å². The highest BCUT2D eigenvalue weighted by molar-refractivity contribution is 6.68. The lowest BCUT2D eigenvalue weighted by atomic mass is 10.5. The molecule has 5 heteroatoms. The third-order valence-corrected chi connectivity index (χ3v) is 7.10. The Kier molecular flexibility index (Phi) is 8.96. The molecule has 0 unspecified atom stereocenters. The van der Waals surface area contributed by atoms with Crippen molar-refractivity contribution in [1.82, 2.24) is 0 Å². The van der Waals surface area contributed by atoms with Gasteiger partial charge in [-0.3, -0.25) is 0 Å². The van der Waals surface area contributed by atoms with Crippen LogP contribution in [0.4, 0.5) is 0 Å². The van der Waals surface area contributed by atoms with Crippen molar-refractivity contribution >= 4 is 14.5 Å². The van der Waals surface area contributed by atoms with Crippen molar-refractivity contribution in [3.05, 3.63) is 12.7 Å². The third-order valence-electron chi connectivity index (χ3n) is 2.74. The zero-order valence-corrected chi connectivity index (χ0v) is 13.0. The van der Waals surface area contributed by atoms with Crippen molar-refractivity contribution in [2.75, 3.05) is 19.8 Å². The van der Waals surface area contributed by atoms with Gasteiger partial charge in [-0.05, 0) is 31.9 Å². The molecule has 0 radical (unpaired) electrons. The first-order valence-electron chi connectivity index (χ1n) is 6.59. The maximum atomic E-state index is 10.9. The van der Waals surface area contributed by atoms with E-state index in [1.165, 1.54) is 6.08 Å². The number of rotatable bonds is 10. The fourth-order valence-corrected chi connectivity index (χ4v) is 5.08. The van der Waals surface area contributed by atoms with Crippen LogP contribution < -0.4 is 0 Å².